The maximum atomic E-state index is 5.09. The van der Waals surface area contributed by atoms with Crippen molar-refractivity contribution in [2.24, 2.45) is 0 Å². The highest BCUT2D eigenvalue weighted by Crippen LogP contribution is 2.54. The van der Waals surface area contributed by atoms with Crippen molar-refractivity contribution in [1.82, 2.24) is 14.1 Å². The molecule has 0 N–H and O–H groups in total. The Bertz CT molecular complexity index is 2400. The van der Waals surface area contributed by atoms with Crippen LogP contribution in [0.25, 0.3) is 66.7 Å². The van der Waals surface area contributed by atoms with Gasteiger partial charge < -0.3 is 4.57 Å². The van der Waals surface area contributed by atoms with Crippen LogP contribution in [0.4, 0.5) is 0 Å². The molecule has 2 heterocycles. The molecular weight excluding hydrogens is 534 g/mol. The van der Waals surface area contributed by atoms with E-state index in [2.05, 4.69) is 163 Å². The maximum Gasteiger partial charge on any atom is 0.145 e. The number of hydrogen-bond donors (Lipinski definition) is 0. The van der Waals surface area contributed by atoms with E-state index in [1.54, 1.807) is 0 Å². The molecule has 1 aliphatic rings. The van der Waals surface area contributed by atoms with Crippen LogP contribution < -0.4 is 0 Å². The molecule has 3 heteroatoms. The Balaban J connectivity index is 1.25. The van der Waals surface area contributed by atoms with Gasteiger partial charge in [-0.15, -0.1) is 0 Å². The van der Waals surface area contributed by atoms with Gasteiger partial charge in [-0.1, -0.05) is 86.6 Å². The van der Waals surface area contributed by atoms with E-state index in [0.717, 1.165) is 33.8 Å². The van der Waals surface area contributed by atoms with E-state index in [-0.39, 0.29) is 5.41 Å². The average molecular weight is 566 g/mol. The van der Waals surface area contributed by atoms with Crippen molar-refractivity contribution < 1.29 is 0 Å². The van der Waals surface area contributed by atoms with E-state index >= 15 is 0 Å². The van der Waals surface area contributed by atoms with Crippen LogP contribution in [0.2, 0.25) is 0 Å². The Morgan fingerprint density at radius 1 is 0.568 bits per heavy atom. The third-order valence-corrected chi connectivity index (χ3v) is 9.64. The Labute approximate surface area is 256 Å². The summed E-state index contributed by atoms with van der Waals surface area (Å²) < 4.78 is 4.69. The summed E-state index contributed by atoms with van der Waals surface area (Å²) in [6.07, 6.45) is 0. The molecule has 0 saturated carbocycles. The first-order valence-electron chi connectivity index (χ1n) is 15.3. The van der Waals surface area contributed by atoms with Gasteiger partial charge in [0.05, 0.1) is 22.1 Å². The molecule has 0 atom stereocenters. The van der Waals surface area contributed by atoms with Crippen molar-refractivity contribution in [2.45, 2.75) is 26.2 Å². The molecule has 3 nitrogen and oxygen atoms in total. The average Bonchev–Trinajstić information content (AvgIpc) is 3.68. The Morgan fingerprint density at radius 2 is 1.27 bits per heavy atom. The van der Waals surface area contributed by atoms with E-state index in [0.29, 0.717) is 0 Å². The molecule has 0 spiro atoms. The molecule has 0 fully saturated rings. The first-order valence-corrected chi connectivity index (χ1v) is 15.3. The highest BCUT2D eigenvalue weighted by molar-refractivity contribution is 6.14. The van der Waals surface area contributed by atoms with Crippen LogP contribution in [0.3, 0.4) is 0 Å². The summed E-state index contributed by atoms with van der Waals surface area (Å²) in [6, 6.07) is 48.1. The minimum Gasteiger partial charge on any atom is -0.309 e. The summed E-state index contributed by atoms with van der Waals surface area (Å²) in [7, 11) is 0. The first-order chi connectivity index (χ1) is 21.5. The molecule has 0 aliphatic heterocycles. The van der Waals surface area contributed by atoms with E-state index in [9.17, 15) is 0 Å². The van der Waals surface area contributed by atoms with E-state index in [4.69, 9.17) is 4.98 Å². The SMILES string of the molecule is Cc1cccc2c1-c1ccc3c(c1C2(C)C)c1ccccc1n3-c1ccc(-c2nc3ccccc3n2-c2ccccc2)cc1. The van der Waals surface area contributed by atoms with E-state index in [1.165, 1.54) is 49.6 Å². The monoisotopic (exact) mass is 565 g/mol. The van der Waals surface area contributed by atoms with Crippen LogP contribution in [-0.4, -0.2) is 14.1 Å². The smallest absolute Gasteiger partial charge is 0.145 e. The largest absolute Gasteiger partial charge is 0.309 e. The summed E-state index contributed by atoms with van der Waals surface area (Å²) in [5, 5.41) is 2.65. The minimum absolute atomic E-state index is 0.0917. The summed E-state index contributed by atoms with van der Waals surface area (Å²) in [4.78, 5) is 5.09. The number of para-hydroxylation sites is 4. The molecule has 2 aromatic heterocycles. The quantitative estimate of drug-likeness (QED) is 0.209. The zero-order chi connectivity index (χ0) is 29.6. The maximum absolute atomic E-state index is 5.09. The number of fused-ring (bicyclic) bond motifs is 8. The fourth-order valence-corrected chi connectivity index (χ4v) is 7.69. The van der Waals surface area contributed by atoms with E-state index < -0.39 is 0 Å². The summed E-state index contributed by atoms with van der Waals surface area (Å²) in [5.74, 6) is 0.943. The van der Waals surface area contributed by atoms with Gasteiger partial charge in [-0.3, -0.25) is 4.57 Å². The van der Waals surface area contributed by atoms with Crippen LogP contribution in [0, 0.1) is 6.92 Å². The summed E-state index contributed by atoms with van der Waals surface area (Å²) in [5.41, 5.74) is 14.8. The van der Waals surface area contributed by atoms with Crippen molar-refractivity contribution in [2.75, 3.05) is 0 Å². The van der Waals surface area contributed by atoms with Gasteiger partial charge in [-0.2, -0.15) is 0 Å². The number of aromatic nitrogens is 3. The lowest BCUT2D eigenvalue weighted by Gasteiger charge is -2.22. The fourth-order valence-electron chi connectivity index (χ4n) is 7.69. The molecule has 0 radical (unpaired) electrons. The number of benzene rings is 6. The zero-order valence-electron chi connectivity index (χ0n) is 25.0. The Hall–Kier alpha value is -5.41. The van der Waals surface area contributed by atoms with E-state index in [1.807, 2.05) is 0 Å². The van der Waals surface area contributed by atoms with Gasteiger partial charge in [-0.25, -0.2) is 4.98 Å². The van der Waals surface area contributed by atoms with Crippen molar-refractivity contribution in [3.05, 3.63) is 150 Å². The molecule has 0 saturated heterocycles. The lowest BCUT2D eigenvalue weighted by Crippen LogP contribution is -2.15. The van der Waals surface area contributed by atoms with Gasteiger partial charge in [0.15, 0.2) is 0 Å². The Kier molecular flexibility index (Phi) is 5.16. The van der Waals surface area contributed by atoms with Gasteiger partial charge in [0.1, 0.15) is 5.82 Å². The number of nitrogens with zero attached hydrogens (tertiary/aromatic N) is 3. The molecule has 0 bridgehead atoms. The lowest BCUT2D eigenvalue weighted by atomic mass is 9.80. The van der Waals surface area contributed by atoms with Crippen LogP contribution >= 0.6 is 0 Å². The molecule has 0 amide bonds. The molecule has 1 aliphatic carbocycles. The fraction of sp³-hybridized carbons (Fsp3) is 0.0976. The van der Waals surface area contributed by atoms with Crippen LogP contribution in [0.1, 0.15) is 30.5 Å². The molecule has 210 valence electrons. The van der Waals surface area contributed by atoms with Crippen molar-refractivity contribution in [1.29, 1.82) is 0 Å². The molecule has 8 aromatic rings. The summed E-state index contributed by atoms with van der Waals surface area (Å²) in [6.45, 7) is 7.01. The minimum atomic E-state index is -0.0917. The number of rotatable bonds is 3. The third-order valence-electron chi connectivity index (χ3n) is 9.64. The Morgan fingerprint density at radius 3 is 2.09 bits per heavy atom. The van der Waals surface area contributed by atoms with Crippen molar-refractivity contribution in [3.8, 4) is 33.9 Å². The molecule has 6 aromatic carbocycles. The zero-order valence-corrected chi connectivity index (χ0v) is 25.0. The van der Waals surface area contributed by atoms with Crippen molar-refractivity contribution >= 4 is 32.8 Å². The van der Waals surface area contributed by atoms with Gasteiger partial charge in [0.25, 0.3) is 0 Å². The van der Waals surface area contributed by atoms with Crippen LogP contribution in [0.15, 0.2) is 133 Å². The molecular formula is C41H31N3. The topological polar surface area (TPSA) is 22.8 Å². The predicted molar refractivity (Wildman–Crippen MR) is 183 cm³/mol. The highest BCUT2D eigenvalue weighted by atomic mass is 15.1. The van der Waals surface area contributed by atoms with Crippen LogP contribution in [-0.2, 0) is 5.41 Å². The standard InChI is InChI=1S/C41H31N3/c1-26-12-11-16-32-37(26)31-24-25-36-38(39(31)41(32,2)3)30-15-7-9-18-34(30)43(36)29-22-20-27(21-23-29)40-42-33-17-8-10-19-35(33)44(40)28-13-5-4-6-14-28/h4-25H,1-3H3. The molecule has 9 rings (SSSR count). The lowest BCUT2D eigenvalue weighted by molar-refractivity contribution is 0.666. The number of imidazole rings is 1. The normalized spacial score (nSPS) is 13.5. The van der Waals surface area contributed by atoms with Gasteiger partial charge in [0.2, 0.25) is 0 Å². The second kappa shape index (κ2) is 9.05. The molecule has 44 heavy (non-hydrogen) atoms. The summed E-state index contributed by atoms with van der Waals surface area (Å²) >= 11 is 0. The second-order valence-corrected chi connectivity index (χ2v) is 12.5. The van der Waals surface area contributed by atoms with Crippen LogP contribution in [0.5, 0.6) is 0 Å². The second-order valence-electron chi connectivity index (χ2n) is 12.5. The van der Waals surface area contributed by atoms with Gasteiger partial charge in [-0.05, 0) is 95.4 Å². The highest BCUT2D eigenvalue weighted by Gasteiger charge is 2.38. The van der Waals surface area contributed by atoms with Crippen molar-refractivity contribution in [3.63, 3.8) is 0 Å². The first kappa shape index (κ1) is 25.1. The predicted octanol–water partition coefficient (Wildman–Crippen LogP) is 10.4. The van der Waals surface area contributed by atoms with Gasteiger partial charge in [0, 0.05) is 33.1 Å². The molecule has 0 unspecified atom stereocenters. The third kappa shape index (κ3) is 3.35. The number of hydrogen-bond acceptors (Lipinski definition) is 1. The number of aryl methyl sites for hydroxylation is 1. The van der Waals surface area contributed by atoms with Gasteiger partial charge >= 0.3 is 0 Å².